The molecule has 6 rings (SSSR count). The van der Waals surface area contributed by atoms with Crippen LogP contribution in [0, 0.1) is 11.6 Å². The smallest absolute Gasteiger partial charge is 0.254 e. The lowest BCUT2D eigenvalue weighted by Crippen LogP contribution is -2.49. The molecule has 1 fully saturated rings. The van der Waals surface area contributed by atoms with Crippen molar-refractivity contribution in [2.24, 2.45) is 7.05 Å². The van der Waals surface area contributed by atoms with Gasteiger partial charge in [0.15, 0.2) is 0 Å². The standard InChI is InChI=1S/C26H22F2N4O/c1-31-25(17-10-19(27)12-20(28)11-17)22-13-21-3-2-4-23(24(22)30-31)32(21)26(33)16-6-5-15-7-8-29-14-18(15)9-16/h5-12,14,21,23H,2-4,13H2,1H3. The predicted molar refractivity (Wildman–Crippen MR) is 121 cm³/mol. The highest BCUT2D eigenvalue weighted by Gasteiger charge is 2.43. The van der Waals surface area contributed by atoms with Gasteiger partial charge in [0.25, 0.3) is 5.91 Å². The number of fused-ring (bicyclic) bond motifs is 5. The lowest BCUT2D eigenvalue weighted by Gasteiger charge is -2.45. The summed E-state index contributed by atoms with van der Waals surface area (Å²) in [6.45, 7) is 0. The molecule has 2 aromatic heterocycles. The van der Waals surface area contributed by atoms with Crippen molar-refractivity contribution in [3.63, 3.8) is 0 Å². The zero-order valence-electron chi connectivity index (χ0n) is 18.1. The van der Waals surface area contributed by atoms with E-state index in [1.54, 1.807) is 24.1 Å². The summed E-state index contributed by atoms with van der Waals surface area (Å²) in [7, 11) is 1.79. The van der Waals surface area contributed by atoms with Gasteiger partial charge in [0.2, 0.25) is 0 Å². The third-order valence-corrected chi connectivity index (χ3v) is 6.93. The minimum atomic E-state index is -0.612. The van der Waals surface area contributed by atoms with E-state index in [2.05, 4.69) is 4.98 Å². The first-order valence-electron chi connectivity index (χ1n) is 11.2. The van der Waals surface area contributed by atoms with Crippen molar-refractivity contribution in [1.82, 2.24) is 19.7 Å². The van der Waals surface area contributed by atoms with E-state index in [-0.39, 0.29) is 18.0 Å². The van der Waals surface area contributed by atoms with Crippen LogP contribution >= 0.6 is 0 Å². The lowest BCUT2D eigenvalue weighted by molar-refractivity contribution is 0.0392. The second kappa shape index (κ2) is 7.47. The lowest BCUT2D eigenvalue weighted by atomic mass is 9.81. The molecule has 0 radical (unpaired) electrons. The molecular formula is C26H22F2N4O. The van der Waals surface area contributed by atoms with Gasteiger partial charge in [-0.15, -0.1) is 0 Å². The average molecular weight is 444 g/mol. The van der Waals surface area contributed by atoms with Gasteiger partial charge in [0.1, 0.15) is 11.6 Å². The van der Waals surface area contributed by atoms with Crippen LogP contribution in [-0.2, 0) is 13.5 Å². The molecule has 5 nitrogen and oxygen atoms in total. The SMILES string of the molecule is Cn1nc2c(c1-c1cc(F)cc(F)c1)CC1CCCC2N1C(=O)c1ccc2ccncc2c1. The van der Waals surface area contributed by atoms with Crippen molar-refractivity contribution in [2.75, 3.05) is 0 Å². The molecule has 4 heterocycles. The number of halogens is 2. The van der Waals surface area contributed by atoms with Crippen LogP contribution in [0.3, 0.4) is 0 Å². The molecule has 2 unspecified atom stereocenters. The summed E-state index contributed by atoms with van der Waals surface area (Å²) < 4.78 is 29.6. The Morgan fingerprint density at radius 1 is 1.03 bits per heavy atom. The molecule has 166 valence electrons. The maximum Gasteiger partial charge on any atom is 0.254 e. The molecule has 0 N–H and O–H groups in total. The van der Waals surface area contributed by atoms with Gasteiger partial charge >= 0.3 is 0 Å². The Hall–Kier alpha value is -3.61. The highest BCUT2D eigenvalue weighted by atomic mass is 19.1. The zero-order chi connectivity index (χ0) is 22.7. The van der Waals surface area contributed by atoms with Gasteiger partial charge in [-0.05, 0) is 61.4 Å². The Morgan fingerprint density at radius 3 is 2.67 bits per heavy atom. The van der Waals surface area contributed by atoms with Gasteiger partial charge in [0, 0.05) is 53.6 Å². The van der Waals surface area contributed by atoms with Crippen LogP contribution in [0.15, 0.2) is 54.9 Å². The molecule has 2 aliphatic heterocycles. The number of rotatable bonds is 2. The van der Waals surface area contributed by atoms with Crippen LogP contribution in [0.2, 0.25) is 0 Å². The van der Waals surface area contributed by atoms with E-state index < -0.39 is 11.6 Å². The summed E-state index contributed by atoms with van der Waals surface area (Å²) in [4.78, 5) is 19.8. The number of hydrogen-bond acceptors (Lipinski definition) is 3. The first kappa shape index (κ1) is 20.0. The molecule has 0 saturated carbocycles. The van der Waals surface area contributed by atoms with Crippen LogP contribution in [-0.4, -0.2) is 31.6 Å². The fourth-order valence-corrected chi connectivity index (χ4v) is 5.57. The number of hydrogen-bond donors (Lipinski definition) is 0. The van der Waals surface area contributed by atoms with Gasteiger partial charge in [-0.25, -0.2) is 8.78 Å². The Kier molecular flexibility index (Phi) is 4.54. The molecule has 2 bridgehead atoms. The van der Waals surface area contributed by atoms with Gasteiger partial charge in [-0.3, -0.25) is 14.5 Å². The summed E-state index contributed by atoms with van der Waals surface area (Å²) in [5.74, 6) is -1.23. The molecular weight excluding hydrogens is 422 g/mol. The molecule has 2 atom stereocenters. The van der Waals surface area contributed by atoms with E-state index in [0.717, 1.165) is 53.1 Å². The van der Waals surface area contributed by atoms with E-state index in [1.165, 1.54) is 12.1 Å². The van der Waals surface area contributed by atoms with Gasteiger partial charge in [-0.1, -0.05) is 6.07 Å². The molecule has 4 aromatic rings. The van der Waals surface area contributed by atoms with Crippen molar-refractivity contribution >= 4 is 16.7 Å². The largest absolute Gasteiger partial charge is 0.327 e. The van der Waals surface area contributed by atoms with Gasteiger partial charge in [-0.2, -0.15) is 5.10 Å². The first-order chi connectivity index (χ1) is 16.0. The minimum absolute atomic E-state index is 0.00916. The molecule has 2 aliphatic rings. The number of nitrogens with zero attached hydrogens (tertiary/aromatic N) is 4. The quantitative estimate of drug-likeness (QED) is 0.427. The van der Waals surface area contributed by atoms with Crippen molar-refractivity contribution in [3.05, 3.63) is 83.3 Å². The molecule has 2 aromatic carbocycles. The van der Waals surface area contributed by atoms with Crippen LogP contribution in [0.1, 0.15) is 46.9 Å². The highest BCUT2D eigenvalue weighted by molar-refractivity contribution is 5.99. The topological polar surface area (TPSA) is 51.0 Å². The van der Waals surface area contributed by atoms with E-state index in [0.29, 0.717) is 17.5 Å². The summed E-state index contributed by atoms with van der Waals surface area (Å²) in [6, 6.07) is 11.1. The molecule has 1 amide bonds. The predicted octanol–water partition coefficient (Wildman–Crippen LogP) is 5.21. The van der Waals surface area contributed by atoms with Crippen LogP contribution in [0.25, 0.3) is 22.0 Å². The van der Waals surface area contributed by atoms with Crippen molar-refractivity contribution in [3.8, 4) is 11.3 Å². The normalized spacial score (nSPS) is 19.5. The van der Waals surface area contributed by atoms with Crippen molar-refractivity contribution in [2.45, 2.75) is 37.8 Å². The minimum Gasteiger partial charge on any atom is -0.327 e. The Labute approximate surface area is 189 Å². The number of carbonyl (C=O) groups is 1. The van der Waals surface area contributed by atoms with Crippen molar-refractivity contribution in [1.29, 1.82) is 0 Å². The van der Waals surface area contributed by atoms with Crippen molar-refractivity contribution < 1.29 is 13.6 Å². The fraction of sp³-hybridized carbons (Fsp3) is 0.269. The average Bonchev–Trinajstić information content (AvgIpc) is 3.13. The van der Waals surface area contributed by atoms with Gasteiger partial charge in [0.05, 0.1) is 17.4 Å². The van der Waals surface area contributed by atoms with Crippen LogP contribution in [0.5, 0.6) is 0 Å². The summed E-state index contributed by atoms with van der Waals surface area (Å²) in [5.41, 5.74) is 3.67. The number of carbonyl (C=O) groups excluding carboxylic acids is 1. The van der Waals surface area contributed by atoms with E-state index in [9.17, 15) is 13.6 Å². The maximum atomic E-state index is 14.0. The summed E-state index contributed by atoms with van der Waals surface area (Å²) in [6.07, 6.45) is 6.85. The number of piperidine rings is 1. The second-order valence-electron chi connectivity index (χ2n) is 8.95. The van der Waals surface area contributed by atoms with Gasteiger partial charge < -0.3 is 4.90 Å². The number of pyridine rings is 1. The molecule has 0 aliphatic carbocycles. The fourth-order valence-electron chi connectivity index (χ4n) is 5.57. The maximum absolute atomic E-state index is 14.0. The molecule has 1 saturated heterocycles. The third kappa shape index (κ3) is 3.22. The highest BCUT2D eigenvalue weighted by Crippen LogP contribution is 2.45. The van der Waals surface area contributed by atoms with E-state index in [4.69, 9.17) is 5.10 Å². The van der Waals surface area contributed by atoms with Crippen LogP contribution < -0.4 is 0 Å². The third-order valence-electron chi connectivity index (χ3n) is 6.93. The number of amides is 1. The zero-order valence-corrected chi connectivity index (χ0v) is 18.1. The number of aromatic nitrogens is 3. The van der Waals surface area contributed by atoms with E-state index in [1.807, 2.05) is 29.2 Å². The second-order valence-corrected chi connectivity index (χ2v) is 8.95. The molecule has 0 spiro atoms. The van der Waals surface area contributed by atoms with E-state index >= 15 is 0 Å². The molecule has 7 heteroatoms. The Balaban J connectivity index is 1.42. The summed E-state index contributed by atoms with van der Waals surface area (Å²) >= 11 is 0. The number of benzene rings is 2. The van der Waals surface area contributed by atoms with Crippen LogP contribution in [0.4, 0.5) is 8.78 Å². The first-order valence-corrected chi connectivity index (χ1v) is 11.2. The summed E-state index contributed by atoms with van der Waals surface area (Å²) in [5, 5.41) is 6.72. The number of aryl methyl sites for hydroxylation is 1. The Bertz CT molecular complexity index is 1390. The molecule has 33 heavy (non-hydrogen) atoms. The monoisotopic (exact) mass is 444 g/mol. The Morgan fingerprint density at radius 2 is 1.85 bits per heavy atom.